The minimum Gasteiger partial charge on any atom is -0.549 e. The van der Waals surface area contributed by atoms with Crippen LogP contribution in [0.2, 0.25) is 0 Å². The molecule has 2 aromatic carbocycles. The standard InChI is InChI=1S/C20H22FNO2.Li/c1-22(13-19(23)24)12-16-7-6-14-4-2-3-5-18(14)20(16)15-8-10-17(21)11-9-15;/h2-5,8-11,16,20H,6-7,12-13H2,1H3,(H,23,24);/q;+1/p-1/t16-,20+;/m1./s1. The molecule has 1 aliphatic carbocycles. The van der Waals surface area contributed by atoms with Gasteiger partial charge < -0.3 is 14.8 Å². The number of rotatable bonds is 5. The molecule has 3 rings (SSSR count). The van der Waals surface area contributed by atoms with Gasteiger partial charge in [0.05, 0.1) is 5.97 Å². The van der Waals surface area contributed by atoms with E-state index in [4.69, 9.17) is 0 Å². The number of nitrogens with zero attached hydrogens (tertiary/aromatic N) is 1. The molecular formula is C20H21FLiNO2. The molecule has 3 nitrogen and oxygen atoms in total. The van der Waals surface area contributed by atoms with Crippen molar-refractivity contribution in [3.63, 3.8) is 0 Å². The van der Waals surface area contributed by atoms with Crippen molar-refractivity contribution < 1.29 is 33.2 Å². The monoisotopic (exact) mass is 333 g/mol. The third kappa shape index (κ3) is 4.73. The molecule has 0 aromatic heterocycles. The smallest absolute Gasteiger partial charge is 0.549 e. The number of benzene rings is 2. The van der Waals surface area contributed by atoms with E-state index in [9.17, 15) is 14.3 Å². The summed E-state index contributed by atoms with van der Waals surface area (Å²) in [6.07, 6.45) is 1.97. The predicted molar refractivity (Wildman–Crippen MR) is 89.0 cm³/mol. The maximum absolute atomic E-state index is 13.3. The van der Waals surface area contributed by atoms with Gasteiger partial charge in [-0.1, -0.05) is 36.4 Å². The molecule has 0 aliphatic heterocycles. The average molecular weight is 333 g/mol. The molecule has 25 heavy (non-hydrogen) atoms. The van der Waals surface area contributed by atoms with E-state index in [-0.39, 0.29) is 43.1 Å². The number of likely N-dealkylation sites (N-methyl/N-ethyl adjacent to an activating group) is 1. The maximum Gasteiger partial charge on any atom is 1.00 e. The molecule has 0 radical (unpaired) electrons. The maximum atomic E-state index is 13.3. The fourth-order valence-corrected chi connectivity index (χ4v) is 3.83. The summed E-state index contributed by atoms with van der Waals surface area (Å²) in [6, 6.07) is 15.0. The summed E-state index contributed by atoms with van der Waals surface area (Å²) < 4.78 is 13.3. The van der Waals surface area contributed by atoms with Crippen LogP contribution < -0.4 is 24.0 Å². The molecule has 0 heterocycles. The van der Waals surface area contributed by atoms with Gasteiger partial charge in [0.15, 0.2) is 0 Å². The first-order valence-corrected chi connectivity index (χ1v) is 8.26. The molecule has 0 saturated carbocycles. The fourth-order valence-electron chi connectivity index (χ4n) is 3.83. The first-order chi connectivity index (χ1) is 11.5. The van der Waals surface area contributed by atoms with Gasteiger partial charge in [-0.25, -0.2) is 4.39 Å². The van der Waals surface area contributed by atoms with Crippen LogP contribution in [0, 0.1) is 11.7 Å². The third-order valence-electron chi connectivity index (χ3n) is 4.82. The third-order valence-corrected chi connectivity index (χ3v) is 4.82. The zero-order valence-corrected chi connectivity index (χ0v) is 14.7. The second-order valence-corrected chi connectivity index (χ2v) is 6.60. The number of carboxylic acids is 1. The van der Waals surface area contributed by atoms with Crippen LogP contribution in [0.4, 0.5) is 4.39 Å². The molecule has 0 amide bonds. The summed E-state index contributed by atoms with van der Waals surface area (Å²) in [6.45, 7) is 0.596. The van der Waals surface area contributed by atoms with Gasteiger partial charge in [0.2, 0.25) is 0 Å². The van der Waals surface area contributed by atoms with Crippen LogP contribution in [0.3, 0.4) is 0 Å². The molecule has 5 heteroatoms. The first-order valence-electron chi connectivity index (χ1n) is 8.26. The predicted octanol–water partition coefficient (Wildman–Crippen LogP) is -0.794. The van der Waals surface area contributed by atoms with Gasteiger partial charge in [-0.3, -0.25) is 0 Å². The molecule has 0 N–H and O–H groups in total. The first kappa shape index (κ1) is 19.7. The summed E-state index contributed by atoms with van der Waals surface area (Å²) >= 11 is 0. The Labute approximate surface area is 160 Å². The molecule has 0 bridgehead atoms. The molecule has 0 spiro atoms. The van der Waals surface area contributed by atoms with E-state index in [0.717, 1.165) is 18.4 Å². The molecule has 0 unspecified atom stereocenters. The van der Waals surface area contributed by atoms with E-state index in [0.29, 0.717) is 6.54 Å². The van der Waals surface area contributed by atoms with Gasteiger partial charge in [0.1, 0.15) is 5.82 Å². The minimum atomic E-state index is -1.06. The Morgan fingerprint density at radius 3 is 2.56 bits per heavy atom. The van der Waals surface area contributed by atoms with E-state index in [1.54, 1.807) is 11.9 Å². The Balaban J connectivity index is 0.00000225. The van der Waals surface area contributed by atoms with Crippen LogP contribution in [0.1, 0.15) is 29.0 Å². The van der Waals surface area contributed by atoms with Gasteiger partial charge in [0.25, 0.3) is 0 Å². The van der Waals surface area contributed by atoms with Crippen LogP contribution >= 0.6 is 0 Å². The second kappa shape index (κ2) is 8.67. The van der Waals surface area contributed by atoms with E-state index in [1.165, 1.54) is 23.3 Å². The average Bonchev–Trinajstić information content (AvgIpc) is 2.55. The van der Waals surface area contributed by atoms with Crippen molar-refractivity contribution in [2.75, 3.05) is 20.1 Å². The Bertz CT molecular complexity index is 720. The Hall–Kier alpha value is -1.60. The van der Waals surface area contributed by atoms with Crippen molar-refractivity contribution in [3.8, 4) is 0 Å². The van der Waals surface area contributed by atoms with Crippen LogP contribution in [0.15, 0.2) is 48.5 Å². The van der Waals surface area contributed by atoms with E-state index >= 15 is 0 Å². The number of aryl methyl sites for hydroxylation is 1. The quantitative estimate of drug-likeness (QED) is 0.674. The summed E-state index contributed by atoms with van der Waals surface area (Å²) in [4.78, 5) is 12.6. The summed E-state index contributed by atoms with van der Waals surface area (Å²) in [5.41, 5.74) is 3.67. The van der Waals surface area contributed by atoms with Crippen molar-refractivity contribution in [1.29, 1.82) is 0 Å². The van der Waals surface area contributed by atoms with Crippen molar-refractivity contribution in [1.82, 2.24) is 4.90 Å². The number of fused-ring (bicyclic) bond motifs is 1. The molecule has 2 aromatic rings. The zero-order chi connectivity index (χ0) is 17.1. The zero-order valence-electron chi connectivity index (χ0n) is 14.7. The van der Waals surface area contributed by atoms with Gasteiger partial charge in [0, 0.05) is 19.0 Å². The van der Waals surface area contributed by atoms with E-state index in [2.05, 4.69) is 12.1 Å². The van der Waals surface area contributed by atoms with Gasteiger partial charge >= 0.3 is 18.9 Å². The molecule has 2 atom stereocenters. The number of hydrogen-bond acceptors (Lipinski definition) is 3. The number of carbonyl (C=O) groups excluding carboxylic acids is 1. The van der Waals surface area contributed by atoms with Crippen molar-refractivity contribution >= 4 is 5.97 Å². The number of hydrogen-bond donors (Lipinski definition) is 0. The molecular weight excluding hydrogens is 312 g/mol. The van der Waals surface area contributed by atoms with Crippen LogP contribution in [0.25, 0.3) is 0 Å². The largest absolute Gasteiger partial charge is 1.00 e. The summed E-state index contributed by atoms with van der Waals surface area (Å²) in [5.74, 6) is -0.866. The Morgan fingerprint density at radius 2 is 1.88 bits per heavy atom. The molecule has 126 valence electrons. The van der Waals surface area contributed by atoms with Gasteiger partial charge in [-0.2, -0.15) is 0 Å². The minimum absolute atomic E-state index is 0. The normalized spacial score (nSPS) is 19.2. The van der Waals surface area contributed by atoms with Crippen molar-refractivity contribution in [2.24, 2.45) is 5.92 Å². The molecule has 0 saturated heterocycles. The SMILES string of the molecule is CN(CC(=O)[O-])C[C@H]1CCc2ccccc2[C@H]1c1ccc(F)cc1.[Li+]. The second-order valence-electron chi connectivity index (χ2n) is 6.60. The van der Waals surface area contributed by atoms with Crippen molar-refractivity contribution in [2.45, 2.75) is 18.8 Å². The number of carbonyl (C=O) groups is 1. The summed E-state index contributed by atoms with van der Waals surface area (Å²) in [7, 11) is 1.80. The number of aliphatic carboxylic acids is 1. The van der Waals surface area contributed by atoms with Crippen molar-refractivity contribution in [3.05, 3.63) is 71.0 Å². The number of halogens is 1. The van der Waals surface area contributed by atoms with Crippen LogP contribution in [0.5, 0.6) is 0 Å². The fraction of sp³-hybridized carbons (Fsp3) is 0.350. The Kier molecular flexibility index (Phi) is 6.84. The summed E-state index contributed by atoms with van der Waals surface area (Å²) in [5, 5.41) is 10.8. The van der Waals surface area contributed by atoms with E-state index in [1.807, 2.05) is 24.3 Å². The Morgan fingerprint density at radius 1 is 1.20 bits per heavy atom. The topological polar surface area (TPSA) is 43.4 Å². The van der Waals surface area contributed by atoms with Gasteiger partial charge in [-0.05, 0) is 54.6 Å². The molecule has 1 aliphatic rings. The molecule has 0 fully saturated rings. The van der Waals surface area contributed by atoms with E-state index < -0.39 is 5.97 Å². The van der Waals surface area contributed by atoms with Crippen LogP contribution in [-0.4, -0.2) is 31.0 Å². The van der Waals surface area contributed by atoms with Crippen LogP contribution in [-0.2, 0) is 11.2 Å². The number of carboxylic acid groups (broad SMARTS) is 1. The van der Waals surface area contributed by atoms with Gasteiger partial charge in [-0.15, -0.1) is 0 Å².